The first-order valence-electron chi connectivity index (χ1n) is 7.24. The number of halogens is 1. The summed E-state index contributed by atoms with van der Waals surface area (Å²) in [5.41, 5.74) is 1.54. The van der Waals surface area contributed by atoms with Crippen LogP contribution in [0.1, 0.15) is 40.9 Å². The normalized spacial score (nSPS) is 13.0. The van der Waals surface area contributed by atoms with Crippen molar-refractivity contribution in [3.8, 4) is 6.07 Å². The first-order chi connectivity index (χ1) is 11.0. The van der Waals surface area contributed by atoms with Gasteiger partial charge in [-0.25, -0.2) is 4.39 Å². The summed E-state index contributed by atoms with van der Waals surface area (Å²) in [5, 5.41) is 21.6. The lowest BCUT2D eigenvalue weighted by Crippen LogP contribution is -2.33. The molecule has 0 radical (unpaired) electrons. The number of benzene rings is 2. The van der Waals surface area contributed by atoms with Gasteiger partial charge in [-0.2, -0.15) is 5.26 Å². The Kier molecular flexibility index (Phi) is 5.45. The Morgan fingerprint density at radius 2 is 1.83 bits per heavy atom. The molecule has 0 fully saturated rings. The zero-order valence-electron chi connectivity index (χ0n) is 12.7. The predicted molar refractivity (Wildman–Crippen MR) is 84.1 cm³/mol. The molecule has 118 valence electrons. The van der Waals surface area contributed by atoms with Crippen molar-refractivity contribution in [2.24, 2.45) is 0 Å². The van der Waals surface area contributed by atoms with Gasteiger partial charge in [0, 0.05) is 11.6 Å². The number of nitrogens with zero attached hydrogens (tertiary/aromatic N) is 1. The fraction of sp³-hybridized carbons (Fsp3) is 0.222. The van der Waals surface area contributed by atoms with Gasteiger partial charge < -0.3 is 10.4 Å². The SMILES string of the molecule is CC(CC(O)c1ccc(F)cc1)NC(=O)c1ccc(C#N)cc1. The van der Waals surface area contributed by atoms with E-state index < -0.39 is 6.10 Å². The summed E-state index contributed by atoms with van der Waals surface area (Å²) < 4.78 is 12.9. The van der Waals surface area contributed by atoms with Gasteiger partial charge in [-0.3, -0.25) is 4.79 Å². The summed E-state index contributed by atoms with van der Waals surface area (Å²) in [6, 6.07) is 13.7. The van der Waals surface area contributed by atoms with Gasteiger partial charge in [-0.1, -0.05) is 12.1 Å². The van der Waals surface area contributed by atoms with Gasteiger partial charge in [0.25, 0.3) is 5.91 Å². The van der Waals surface area contributed by atoms with Crippen LogP contribution in [-0.2, 0) is 0 Å². The van der Waals surface area contributed by atoms with E-state index in [-0.39, 0.29) is 17.8 Å². The first-order valence-corrected chi connectivity index (χ1v) is 7.24. The zero-order chi connectivity index (χ0) is 16.8. The lowest BCUT2D eigenvalue weighted by molar-refractivity contribution is 0.0917. The molecular formula is C18H17FN2O2. The van der Waals surface area contributed by atoms with E-state index in [0.29, 0.717) is 23.1 Å². The predicted octanol–water partition coefficient (Wildman–Crippen LogP) is 2.94. The Balaban J connectivity index is 1.92. The van der Waals surface area contributed by atoms with Crippen molar-refractivity contribution in [3.63, 3.8) is 0 Å². The van der Waals surface area contributed by atoms with E-state index in [1.807, 2.05) is 6.07 Å². The lowest BCUT2D eigenvalue weighted by Gasteiger charge is -2.18. The molecule has 2 rings (SSSR count). The monoisotopic (exact) mass is 312 g/mol. The second kappa shape index (κ2) is 7.52. The van der Waals surface area contributed by atoms with Crippen LogP contribution in [0.4, 0.5) is 4.39 Å². The summed E-state index contributed by atoms with van der Waals surface area (Å²) in [6.07, 6.45) is -0.472. The first kappa shape index (κ1) is 16.7. The molecule has 0 saturated carbocycles. The van der Waals surface area contributed by atoms with Crippen LogP contribution >= 0.6 is 0 Å². The fourth-order valence-corrected chi connectivity index (χ4v) is 2.22. The van der Waals surface area contributed by atoms with Crippen molar-refractivity contribution in [2.75, 3.05) is 0 Å². The van der Waals surface area contributed by atoms with E-state index in [4.69, 9.17) is 5.26 Å². The Morgan fingerprint density at radius 1 is 1.22 bits per heavy atom. The van der Waals surface area contributed by atoms with Crippen molar-refractivity contribution in [3.05, 3.63) is 71.0 Å². The number of nitrogens with one attached hydrogen (secondary N) is 1. The highest BCUT2D eigenvalue weighted by Gasteiger charge is 2.15. The maximum atomic E-state index is 12.9. The van der Waals surface area contributed by atoms with Crippen LogP contribution < -0.4 is 5.32 Å². The molecule has 0 aromatic heterocycles. The van der Waals surface area contributed by atoms with Gasteiger partial charge >= 0.3 is 0 Å². The molecule has 1 amide bonds. The number of carbonyl (C=O) groups excluding carboxylic acids is 1. The Bertz CT molecular complexity index is 705. The molecule has 2 N–H and O–H groups in total. The molecule has 0 heterocycles. The fourth-order valence-electron chi connectivity index (χ4n) is 2.22. The molecule has 23 heavy (non-hydrogen) atoms. The molecule has 2 atom stereocenters. The molecule has 0 aliphatic heterocycles. The summed E-state index contributed by atoms with van der Waals surface area (Å²) in [5.74, 6) is -0.628. The van der Waals surface area contributed by atoms with E-state index in [1.165, 1.54) is 24.3 Å². The van der Waals surface area contributed by atoms with Crippen LogP contribution in [0.25, 0.3) is 0 Å². The average molecular weight is 312 g/mol. The Labute approximate surface area is 134 Å². The molecule has 2 aromatic carbocycles. The molecule has 0 aliphatic rings. The van der Waals surface area contributed by atoms with Crippen LogP contribution in [0.3, 0.4) is 0 Å². The van der Waals surface area contributed by atoms with E-state index >= 15 is 0 Å². The quantitative estimate of drug-likeness (QED) is 0.891. The van der Waals surface area contributed by atoms with E-state index in [2.05, 4.69) is 5.32 Å². The molecule has 2 aromatic rings. The van der Waals surface area contributed by atoms with Crippen molar-refractivity contribution in [1.29, 1.82) is 5.26 Å². The minimum atomic E-state index is -0.785. The number of nitriles is 1. The van der Waals surface area contributed by atoms with Crippen LogP contribution in [0.2, 0.25) is 0 Å². The maximum Gasteiger partial charge on any atom is 0.251 e. The van der Waals surface area contributed by atoms with Crippen LogP contribution in [0.5, 0.6) is 0 Å². The Morgan fingerprint density at radius 3 is 2.39 bits per heavy atom. The second-order valence-electron chi connectivity index (χ2n) is 5.37. The van der Waals surface area contributed by atoms with Crippen LogP contribution in [0, 0.1) is 17.1 Å². The van der Waals surface area contributed by atoms with E-state index in [0.717, 1.165) is 0 Å². The number of amides is 1. The summed E-state index contributed by atoms with van der Waals surface area (Å²) in [7, 11) is 0. The molecule has 2 unspecified atom stereocenters. The van der Waals surface area contributed by atoms with Crippen molar-refractivity contribution >= 4 is 5.91 Å². The summed E-state index contributed by atoms with van der Waals surface area (Å²) >= 11 is 0. The van der Waals surface area contributed by atoms with Gasteiger partial charge in [-0.15, -0.1) is 0 Å². The Hall–Kier alpha value is -2.71. The van der Waals surface area contributed by atoms with Gasteiger partial charge in [-0.05, 0) is 55.3 Å². The van der Waals surface area contributed by atoms with Crippen LogP contribution in [-0.4, -0.2) is 17.1 Å². The number of hydrogen-bond acceptors (Lipinski definition) is 3. The summed E-state index contributed by atoms with van der Waals surface area (Å²) in [4.78, 5) is 12.1. The van der Waals surface area contributed by atoms with Crippen molar-refractivity contribution < 1.29 is 14.3 Å². The van der Waals surface area contributed by atoms with Crippen molar-refractivity contribution in [1.82, 2.24) is 5.32 Å². The molecular weight excluding hydrogens is 295 g/mol. The van der Waals surface area contributed by atoms with Gasteiger partial charge in [0.1, 0.15) is 5.82 Å². The summed E-state index contributed by atoms with van der Waals surface area (Å²) in [6.45, 7) is 1.79. The topological polar surface area (TPSA) is 73.1 Å². The number of hydrogen-bond donors (Lipinski definition) is 2. The standard InChI is InChI=1S/C18H17FN2O2/c1-12(10-17(22)14-6-8-16(19)9-7-14)21-18(23)15-4-2-13(11-20)3-5-15/h2-9,12,17,22H,10H2,1H3,(H,21,23). The molecule has 4 nitrogen and oxygen atoms in total. The highest BCUT2D eigenvalue weighted by Crippen LogP contribution is 2.18. The number of rotatable bonds is 5. The van der Waals surface area contributed by atoms with E-state index in [1.54, 1.807) is 31.2 Å². The molecule has 5 heteroatoms. The molecule has 0 spiro atoms. The molecule has 0 saturated heterocycles. The molecule has 0 aliphatic carbocycles. The highest BCUT2D eigenvalue weighted by atomic mass is 19.1. The third kappa shape index (κ3) is 4.63. The minimum Gasteiger partial charge on any atom is -0.388 e. The number of aliphatic hydroxyl groups is 1. The van der Waals surface area contributed by atoms with Gasteiger partial charge in [0.15, 0.2) is 0 Å². The third-order valence-electron chi connectivity index (χ3n) is 3.49. The maximum absolute atomic E-state index is 12.9. The van der Waals surface area contributed by atoms with Crippen molar-refractivity contribution in [2.45, 2.75) is 25.5 Å². The zero-order valence-corrected chi connectivity index (χ0v) is 12.7. The lowest BCUT2D eigenvalue weighted by atomic mass is 10.0. The largest absolute Gasteiger partial charge is 0.388 e. The van der Waals surface area contributed by atoms with Gasteiger partial charge in [0.2, 0.25) is 0 Å². The average Bonchev–Trinajstić information content (AvgIpc) is 2.55. The minimum absolute atomic E-state index is 0.266. The van der Waals surface area contributed by atoms with Crippen LogP contribution in [0.15, 0.2) is 48.5 Å². The van der Waals surface area contributed by atoms with Gasteiger partial charge in [0.05, 0.1) is 17.7 Å². The second-order valence-corrected chi connectivity index (χ2v) is 5.37. The number of aliphatic hydroxyl groups excluding tert-OH is 1. The smallest absolute Gasteiger partial charge is 0.251 e. The molecule has 0 bridgehead atoms. The highest BCUT2D eigenvalue weighted by molar-refractivity contribution is 5.94. The van der Waals surface area contributed by atoms with E-state index in [9.17, 15) is 14.3 Å². The third-order valence-corrected chi connectivity index (χ3v) is 3.49. The number of carbonyl (C=O) groups is 1.